The summed E-state index contributed by atoms with van der Waals surface area (Å²) in [6.07, 6.45) is 8.96. The van der Waals surface area contributed by atoms with Crippen LogP contribution in [0.5, 0.6) is 11.5 Å². The van der Waals surface area contributed by atoms with Crippen LogP contribution in [0.3, 0.4) is 0 Å². The number of aliphatic hydroxyl groups is 2. The van der Waals surface area contributed by atoms with Gasteiger partial charge in [-0.2, -0.15) is 4.31 Å². The number of aliphatic hydroxyl groups excluding tert-OH is 2. The summed E-state index contributed by atoms with van der Waals surface area (Å²) in [6.45, 7) is 9.90. The smallest absolute Gasteiger partial charge is 0.243 e. The molecule has 1 amide bonds. The number of pyridine rings is 1. The molecule has 0 saturated heterocycles. The van der Waals surface area contributed by atoms with Gasteiger partial charge < -0.3 is 34.6 Å². The number of carbonyl (C=O) groups excluding carboxylic acids is 1. The number of unbranched alkanes of at least 4 members (excludes halogenated alkanes) is 2. The average Bonchev–Trinajstić information content (AvgIpc) is 3.23. The number of amides is 1. The van der Waals surface area contributed by atoms with Gasteiger partial charge in [0.05, 0.1) is 34.9 Å². The number of carbonyl (C=O) groups is 1. The van der Waals surface area contributed by atoms with Gasteiger partial charge >= 0.3 is 0 Å². The van der Waals surface area contributed by atoms with E-state index in [2.05, 4.69) is 28.1 Å². The van der Waals surface area contributed by atoms with Crippen LogP contribution in [-0.4, -0.2) is 84.8 Å². The molecule has 2 heterocycles. The van der Waals surface area contributed by atoms with Gasteiger partial charge in [0, 0.05) is 56.0 Å². The molecule has 0 radical (unpaired) electrons. The van der Waals surface area contributed by atoms with E-state index in [0.717, 1.165) is 48.2 Å². The summed E-state index contributed by atoms with van der Waals surface area (Å²) in [4.78, 5) is 22.0. The van der Waals surface area contributed by atoms with E-state index >= 15 is 8.42 Å². The molecule has 3 aromatic rings. The summed E-state index contributed by atoms with van der Waals surface area (Å²) < 4.78 is 52.2. The molecule has 2 aromatic carbocycles. The lowest BCUT2D eigenvalue weighted by Crippen LogP contribution is -2.70. The highest BCUT2D eigenvalue weighted by atomic mass is 32.2. The topological polar surface area (TPSA) is 169 Å². The van der Waals surface area contributed by atoms with Gasteiger partial charge in [-0.3, -0.25) is 9.78 Å². The van der Waals surface area contributed by atoms with Crippen molar-refractivity contribution in [3.63, 3.8) is 0 Å². The molecule has 6 atom stereocenters. The third-order valence-electron chi connectivity index (χ3n) is 11.8. The summed E-state index contributed by atoms with van der Waals surface area (Å²) in [5.74, 6) is -1.39. The lowest BCUT2D eigenvalue weighted by molar-refractivity contribution is -0.251. The van der Waals surface area contributed by atoms with Gasteiger partial charge in [0.15, 0.2) is 0 Å². The van der Waals surface area contributed by atoms with E-state index in [1.165, 1.54) is 30.5 Å². The maximum absolute atomic E-state index is 15.1. The third-order valence-corrected chi connectivity index (χ3v) is 13.7. The standard InChI is InChI=1S/C46H60N4O9S/c1-6-23-50(60(54,55)37-20-17-34(18-21-37)48-32(4)53)43-29-41(49-56-5)39-27-33(14-8-10-24-51)38(16-9-11-25-52)44-40-28-36(57-30-35-15-12-13-31(3)47-35)19-22-42(40)59-46(43,45(39)44)58-26-7-2/h7,12-13,15,17-22,27-28,33,38,43-45,51-52H,2,6,8-11,14,16,23-26,29-30H2,1,3-5H3,(H,48,53)/t33-,38+,43-,44+,45+,46+/m0/s1. The third kappa shape index (κ3) is 9.63. The van der Waals surface area contributed by atoms with Gasteiger partial charge in [0.1, 0.15) is 25.2 Å². The Bertz CT molecular complexity index is 2130. The van der Waals surface area contributed by atoms with E-state index in [4.69, 9.17) is 19.0 Å². The monoisotopic (exact) mass is 844 g/mol. The molecule has 3 aliphatic rings. The number of ether oxygens (including phenoxy) is 3. The minimum atomic E-state index is -4.22. The van der Waals surface area contributed by atoms with Crippen molar-refractivity contribution in [2.24, 2.45) is 22.9 Å². The van der Waals surface area contributed by atoms with Crippen molar-refractivity contribution >= 4 is 27.3 Å². The second-order valence-electron chi connectivity index (χ2n) is 15.8. The number of rotatable bonds is 21. The van der Waals surface area contributed by atoms with Crippen molar-refractivity contribution in [1.82, 2.24) is 9.29 Å². The number of oxime groups is 1. The fourth-order valence-corrected chi connectivity index (χ4v) is 11.1. The minimum Gasteiger partial charge on any atom is -0.487 e. The Morgan fingerprint density at radius 3 is 2.50 bits per heavy atom. The number of sulfonamides is 1. The van der Waals surface area contributed by atoms with E-state index in [1.807, 2.05) is 50.2 Å². The molecule has 0 spiro atoms. The summed E-state index contributed by atoms with van der Waals surface area (Å²) in [5, 5.41) is 27.1. The van der Waals surface area contributed by atoms with E-state index in [-0.39, 0.29) is 67.9 Å². The Balaban J connectivity index is 1.56. The minimum absolute atomic E-state index is 0.00661. The van der Waals surface area contributed by atoms with Crippen LogP contribution >= 0.6 is 0 Å². The lowest BCUT2D eigenvalue weighted by atomic mass is 9.55. The molecule has 60 heavy (non-hydrogen) atoms. The number of allylic oxidation sites excluding steroid dienone is 1. The van der Waals surface area contributed by atoms with Gasteiger partial charge in [0.25, 0.3) is 0 Å². The zero-order valence-corrected chi connectivity index (χ0v) is 36.0. The van der Waals surface area contributed by atoms with Crippen LogP contribution in [0, 0.1) is 24.7 Å². The predicted octanol–water partition coefficient (Wildman–Crippen LogP) is 7.29. The first kappa shape index (κ1) is 44.9. The summed E-state index contributed by atoms with van der Waals surface area (Å²) in [5.41, 5.74) is 4.57. The van der Waals surface area contributed by atoms with Crippen molar-refractivity contribution in [3.05, 3.63) is 102 Å². The largest absolute Gasteiger partial charge is 0.487 e. The number of aryl methyl sites for hydroxylation is 1. The van der Waals surface area contributed by atoms with Gasteiger partial charge in [-0.25, -0.2) is 8.42 Å². The molecule has 1 saturated carbocycles. The SMILES string of the molecule is C=CCO[C@@]12Oc3ccc(OCc4cccc(C)n4)cc3[C@H]3[C@H](CCCCO)[C@@H](CCCCO)C=C(C(=NOC)C[C@@H]1N(CCC)S(=O)(=O)c1ccc(NC(C)=O)cc1)[C@H]32. The zero-order valence-electron chi connectivity index (χ0n) is 35.2. The number of nitrogens with zero attached hydrogens (tertiary/aromatic N) is 3. The Kier molecular flexibility index (Phi) is 15.2. The van der Waals surface area contributed by atoms with Crippen LogP contribution in [0.1, 0.15) is 88.1 Å². The first-order valence-corrected chi connectivity index (χ1v) is 22.5. The molecule has 13 nitrogen and oxygen atoms in total. The van der Waals surface area contributed by atoms with Gasteiger partial charge in [-0.15, -0.1) is 6.58 Å². The number of anilines is 1. The van der Waals surface area contributed by atoms with Gasteiger partial charge in [0.2, 0.25) is 21.7 Å². The normalized spacial score (nSPS) is 23.9. The second-order valence-corrected chi connectivity index (χ2v) is 17.7. The second kappa shape index (κ2) is 20.3. The van der Waals surface area contributed by atoms with Crippen molar-refractivity contribution < 1.29 is 42.5 Å². The van der Waals surface area contributed by atoms with Crippen molar-refractivity contribution in [1.29, 1.82) is 0 Å². The quantitative estimate of drug-likeness (QED) is 0.0563. The average molecular weight is 845 g/mol. The van der Waals surface area contributed by atoms with Gasteiger partial charge in [-0.1, -0.05) is 43.1 Å². The molecule has 1 aliphatic heterocycles. The van der Waals surface area contributed by atoms with E-state index < -0.39 is 27.8 Å². The predicted molar refractivity (Wildman–Crippen MR) is 230 cm³/mol. The highest BCUT2D eigenvalue weighted by Gasteiger charge is 2.66. The molecule has 14 heteroatoms. The number of nitrogens with one attached hydrogen (secondary N) is 1. The Hall–Kier alpha value is -4.60. The van der Waals surface area contributed by atoms with Crippen LogP contribution in [0.2, 0.25) is 0 Å². The number of benzene rings is 2. The molecular formula is C46H60N4O9S. The number of fused-ring (bicyclic) bond motifs is 2. The molecule has 2 aliphatic carbocycles. The Morgan fingerprint density at radius 2 is 1.83 bits per heavy atom. The van der Waals surface area contributed by atoms with Crippen LogP contribution in [0.4, 0.5) is 5.69 Å². The zero-order chi connectivity index (χ0) is 42.9. The van der Waals surface area contributed by atoms with Crippen molar-refractivity contribution in [2.75, 3.05) is 38.8 Å². The molecular weight excluding hydrogens is 785 g/mol. The molecule has 0 bridgehead atoms. The molecule has 324 valence electrons. The summed E-state index contributed by atoms with van der Waals surface area (Å²) in [7, 11) is -2.73. The molecule has 6 rings (SSSR count). The number of hydrogen-bond donors (Lipinski definition) is 3. The Morgan fingerprint density at radius 1 is 1.08 bits per heavy atom. The van der Waals surface area contributed by atoms with Crippen LogP contribution in [0.25, 0.3) is 0 Å². The maximum Gasteiger partial charge on any atom is 0.243 e. The lowest BCUT2D eigenvalue weighted by Gasteiger charge is -2.59. The van der Waals surface area contributed by atoms with Crippen molar-refractivity contribution in [2.45, 2.75) is 101 Å². The number of aromatic nitrogens is 1. The van der Waals surface area contributed by atoms with Crippen LogP contribution in [-0.2, 0) is 31.0 Å². The molecule has 1 fully saturated rings. The Labute approximate surface area is 354 Å². The summed E-state index contributed by atoms with van der Waals surface area (Å²) in [6, 6.07) is 16.9. The highest BCUT2D eigenvalue weighted by Crippen LogP contribution is 2.62. The van der Waals surface area contributed by atoms with Crippen LogP contribution < -0.4 is 14.8 Å². The first-order chi connectivity index (χ1) is 29.0. The van der Waals surface area contributed by atoms with E-state index in [1.54, 1.807) is 18.2 Å². The number of hydrogen-bond acceptors (Lipinski definition) is 11. The fourth-order valence-electron chi connectivity index (χ4n) is 9.37. The molecule has 1 aromatic heterocycles. The van der Waals surface area contributed by atoms with Crippen LogP contribution in [0.15, 0.2) is 95.0 Å². The summed E-state index contributed by atoms with van der Waals surface area (Å²) >= 11 is 0. The first-order valence-electron chi connectivity index (χ1n) is 21.1. The van der Waals surface area contributed by atoms with E-state index in [9.17, 15) is 15.0 Å². The molecule has 0 unspecified atom stereocenters. The van der Waals surface area contributed by atoms with E-state index in [0.29, 0.717) is 42.2 Å². The van der Waals surface area contributed by atoms with Crippen molar-refractivity contribution in [3.8, 4) is 11.5 Å². The maximum atomic E-state index is 15.1. The van der Waals surface area contributed by atoms with Gasteiger partial charge in [-0.05, 0) is 111 Å². The fraction of sp³-hybridized carbons (Fsp3) is 0.500. The molecule has 3 N–H and O–H groups in total. The highest BCUT2D eigenvalue weighted by molar-refractivity contribution is 7.89.